The molecule has 1 amide bonds. The number of nitrogens with one attached hydrogen (secondary N) is 1. The van der Waals surface area contributed by atoms with Crippen LogP contribution in [0.3, 0.4) is 0 Å². The molecule has 1 saturated heterocycles. The van der Waals surface area contributed by atoms with Crippen LogP contribution in [0.5, 0.6) is 0 Å². The Labute approximate surface area is 229 Å². The number of pyridine rings is 1. The van der Waals surface area contributed by atoms with Gasteiger partial charge in [-0.15, -0.1) is 0 Å². The fourth-order valence-electron chi connectivity index (χ4n) is 5.15. The van der Waals surface area contributed by atoms with Crippen LogP contribution in [0.15, 0.2) is 73.1 Å². The average Bonchev–Trinajstić information content (AvgIpc) is 3.32. The molecule has 5 rings (SSSR count). The summed E-state index contributed by atoms with van der Waals surface area (Å²) in [6.07, 6.45) is 6.11. The Bertz CT molecular complexity index is 1390. The Kier molecular flexibility index (Phi) is 8.56. The van der Waals surface area contributed by atoms with Gasteiger partial charge in [-0.05, 0) is 67.3 Å². The normalized spacial score (nSPS) is 14.5. The summed E-state index contributed by atoms with van der Waals surface area (Å²) in [5, 5.41) is 13.9. The number of rotatable bonds is 10. The summed E-state index contributed by atoms with van der Waals surface area (Å²) in [6, 6.07) is 20.2. The van der Waals surface area contributed by atoms with E-state index in [4.69, 9.17) is 4.74 Å². The number of aryl methyl sites for hydroxylation is 1. The smallest absolute Gasteiger partial charge is 0.256 e. The second-order valence-corrected chi connectivity index (χ2v) is 10.2. The van der Waals surface area contributed by atoms with E-state index in [9.17, 15) is 9.90 Å². The van der Waals surface area contributed by atoms with Gasteiger partial charge in [0.2, 0.25) is 0 Å². The van der Waals surface area contributed by atoms with Gasteiger partial charge in [-0.2, -0.15) is 0 Å². The fourth-order valence-corrected chi connectivity index (χ4v) is 5.15. The second-order valence-electron chi connectivity index (χ2n) is 10.2. The van der Waals surface area contributed by atoms with Crippen LogP contribution in [-0.4, -0.2) is 64.9 Å². The molecule has 39 heavy (non-hydrogen) atoms. The van der Waals surface area contributed by atoms with Crippen molar-refractivity contribution >= 4 is 34.0 Å². The van der Waals surface area contributed by atoms with Crippen molar-refractivity contribution < 1.29 is 14.6 Å². The standard InChI is InChI=1S/C31H37N5O3/c1-34-16-11-25-20-26(8-9-29(25)34)36(15-3-19-39-2)27-10-14-32-30(21-27)33-31(38)24-6-4-23(5-7-24)22-35-17-12-28(37)13-18-35/h4-11,14,16,20-21,28,37H,3,12-13,15,17-19,22H2,1-2H3,(H,32,33,38). The number of carbonyl (C=O) groups excluding carboxylic acids is 1. The van der Waals surface area contributed by atoms with Gasteiger partial charge in [0.05, 0.1) is 6.10 Å². The number of likely N-dealkylation sites (tertiary alicyclic amines) is 1. The molecule has 1 aliphatic heterocycles. The Morgan fingerprint density at radius 3 is 2.62 bits per heavy atom. The Balaban J connectivity index is 1.29. The number of ether oxygens (including phenoxy) is 1. The van der Waals surface area contributed by atoms with Crippen LogP contribution in [0.4, 0.5) is 17.2 Å². The molecule has 0 atom stereocenters. The highest BCUT2D eigenvalue weighted by atomic mass is 16.5. The Hall–Kier alpha value is -3.72. The first-order chi connectivity index (χ1) is 19.0. The molecule has 2 aromatic heterocycles. The number of nitrogens with zero attached hydrogens (tertiary/aromatic N) is 4. The molecule has 0 spiro atoms. The van der Waals surface area contributed by atoms with E-state index in [0.29, 0.717) is 18.0 Å². The van der Waals surface area contributed by atoms with E-state index >= 15 is 0 Å². The molecule has 0 unspecified atom stereocenters. The summed E-state index contributed by atoms with van der Waals surface area (Å²) in [7, 11) is 3.76. The minimum absolute atomic E-state index is 0.176. The molecule has 2 aromatic carbocycles. The van der Waals surface area contributed by atoms with Crippen LogP contribution in [0.2, 0.25) is 0 Å². The van der Waals surface area contributed by atoms with Crippen molar-refractivity contribution in [3.05, 3.63) is 84.2 Å². The molecule has 1 fully saturated rings. The first kappa shape index (κ1) is 26.9. The van der Waals surface area contributed by atoms with Crippen LogP contribution in [0, 0.1) is 0 Å². The minimum atomic E-state index is -0.191. The summed E-state index contributed by atoms with van der Waals surface area (Å²) in [5.74, 6) is 0.315. The van der Waals surface area contributed by atoms with E-state index in [1.807, 2.05) is 43.4 Å². The third-order valence-corrected chi connectivity index (χ3v) is 7.39. The van der Waals surface area contributed by atoms with Crippen molar-refractivity contribution in [2.45, 2.75) is 31.9 Å². The van der Waals surface area contributed by atoms with Crippen molar-refractivity contribution in [1.82, 2.24) is 14.5 Å². The number of fused-ring (bicyclic) bond motifs is 1. The average molecular weight is 528 g/mol. The highest BCUT2D eigenvalue weighted by Crippen LogP contribution is 2.30. The number of hydrogen-bond donors (Lipinski definition) is 2. The first-order valence-electron chi connectivity index (χ1n) is 13.6. The van der Waals surface area contributed by atoms with Crippen molar-refractivity contribution in [3.8, 4) is 0 Å². The monoisotopic (exact) mass is 527 g/mol. The highest BCUT2D eigenvalue weighted by molar-refractivity contribution is 6.04. The van der Waals surface area contributed by atoms with Gasteiger partial charge in [0.1, 0.15) is 5.82 Å². The largest absolute Gasteiger partial charge is 0.393 e. The topological polar surface area (TPSA) is 82.9 Å². The number of piperidine rings is 1. The lowest BCUT2D eigenvalue weighted by Crippen LogP contribution is -2.35. The minimum Gasteiger partial charge on any atom is -0.393 e. The zero-order valence-electron chi connectivity index (χ0n) is 22.7. The van der Waals surface area contributed by atoms with E-state index in [0.717, 1.165) is 62.4 Å². The number of amides is 1. The number of methoxy groups -OCH3 is 1. The zero-order valence-corrected chi connectivity index (χ0v) is 22.7. The molecule has 204 valence electrons. The van der Waals surface area contributed by atoms with Crippen molar-refractivity contribution in [2.24, 2.45) is 7.05 Å². The maximum Gasteiger partial charge on any atom is 0.256 e. The number of benzene rings is 2. The molecule has 1 aliphatic rings. The quantitative estimate of drug-likeness (QED) is 0.284. The van der Waals surface area contributed by atoms with Gasteiger partial charge < -0.3 is 24.6 Å². The lowest BCUT2D eigenvalue weighted by atomic mass is 10.1. The molecule has 2 N–H and O–H groups in total. The van der Waals surface area contributed by atoms with Crippen LogP contribution in [0.1, 0.15) is 35.2 Å². The first-order valence-corrected chi connectivity index (χ1v) is 13.6. The zero-order chi connectivity index (χ0) is 27.2. The number of carbonyl (C=O) groups is 1. The Morgan fingerprint density at radius 2 is 1.85 bits per heavy atom. The van der Waals surface area contributed by atoms with Crippen LogP contribution >= 0.6 is 0 Å². The molecule has 3 heterocycles. The van der Waals surface area contributed by atoms with E-state index in [-0.39, 0.29) is 12.0 Å². The van der Waals surface area contributed by atoms with Gasteiger partial charge in [0, 0.05) is 93.2 Å². The summed E-state index contributed by atoms with van der Waals surface area (Å²) in [5.41, 5.74) is 4.96. The second kappa shape index (κ2) is 12.4. The number of aromatic nitrogens is 2. The SMILES string of the molecule is COCCCN(c1ccnc(NC(=O)c2ccc(CN3CCC(O)CC3)cc2)c1)c1ccc2c(ccn2C)c1. The fraction of sp³-hybridized carbons (Fsp3) is 0.355. The predicted octanol–water partition coefficient (Wildman–Crippen LogP) is 4.96. The number of aliphatic hydroxyl groups excluding tert-OH is 1. The van der Waals surface area contributed by atoms with Crippen LogP contribution in [-0.2, 0) is 18.3 Å². The third-order valence-electron chi connectivity index (χ3n) is 7.39. The maximum absolute atomic E-state index is 13.0. The lowest BCUT2D eigenvalue weighted by molar-refractivity contribution is 0.0792. The maximum atomic E-state index is 13.0. The van der Waals surface area contributed by atoms with Crippen molar-refractivity contribution in [3.63, 3.8) is 0 Å². The number of hydrogen-bond acceptors (Lipinski definition) is 6. The van der Waals surface area contributed by atoms with Gasteiger partial charge >= 0.3 is 0 Å². The number of aliphatic hydroxyl groups is 1. The lowest BCUT2D eigenvalue weighted by Gasteiger charge is -2.29. The van der Waals surface area contributed by atoms with Gasteiger partial charge in [0.15, 0.2) is 0 Å². The van der Waals surface area contributed by atoms with Crippen molar-refractivity contribution in [2.75, 3.05) is 43.6 Å². The summed E-state index contributed by atoms with van der Waals surface area (Å²) >= 11 is 0. The van der Waals surface area contributed by atoms with Crippen LogP contribution < -0.4 is 10.2 Å². The Morgan fingerprint density at radius 1 is 1.08 bits per heavy atom. The van der Waals surface area contributed by atoms with Gasteiger partial charge in [-0.1, -0.05) is 12.1 Å². The highest BCUT2D eigenvalue weighted by Gasteiger charge is 2.17. The van der Waals surface area contributed by atoms with E-state index in [2.05, 4.69) is 55.1 Å². The molecule has 0 bridgehead atoms. The molecule has 0 aliphatic carbocycles. The van der Waals surface area contributed by atoms with Crippen LogP contribution in [0.25, 0.3) is 10.9 Å². The molecule has 4 aromatic rings. The molecular weight excluding hydrogens is 490 g/mol. The van der Waals surface area contributed by atoms with E-state index in [1.165, 1.54) is 10.9 Å². The molecule has 8 nitrogen and oxygen atoms in total. The van der Waals surface area contributed by atoms with E-state index in [1.54, 1.807) is 13.3 Å². The summed E-state index contributed by atoms with van der Waals surface area (Å²) < 4.78 is 7.42. The van der Waals surface area contributed by atoms with Crippen molar-refractivity contribution in [1.29, 1.82) is 0 Å². The molecule has 8 heteroatoms. The summed E-state index contributed by atoms with van der Waals surface area (Å²) in [4.78, 5) is 22.0. The third kappa shape index (κ3) is 6.65. The summed E-state index contributed by atoms with van der Waals surface area (Å²) in [6.45, 7) is 4.04. The van der Waals surface area contributed by atoms with Gasteiger partial charge in [-0.25, -0.2) is 4.98 Å². The van der Waals surface area contributed by atoms with Gasteiger partial charge in [-0.3, -0.25) is 9.69 Å². The molecule has 0 radical (unpaired) electrons. The predicted molar refractivity (Wildman–Crippen MR) is 156 cm³/mol. The van der Waals surface area contributed by atoms with Gasteiger partial charge in [0.25, 0.3) is 5.91 Å². The van der Waals surface area contributed by atoms with E-state index < -0.39 is 0 Å². The molecular formula is C31H37N5O3. The molecule has 0 saturated carbocycles. The number of anilines is 3.